The van der Waals surface area contributed by atoms with E-state index in [4.69, 9.17) is 0 Å². The molecule has 1 saturated carbocycles. The molecule has 0 bridgehead atoms. The Morgan fingerprint density at radius 2 is 2.05 bits per heavy atom. The molecule has 1 fully saturated rings. The van der Waals surface area contributed by atoms with Gasteiger partial charge in [0, 0.05) is 16.2 Å². The zero-order chi connectivity index (χ0) is 15.4. The SMILES string of the molecule is CC(CCSc1ccccc1)Sc1nnc(CO)n1C1CC1. The Morgan fingerprint density at radius 3 is 2.73 bits per heavy atom. The molecule has 0 radical (unpaired) electrons. The summed E-state index contributed by atoms with van der Waals surface area (Å²) < 4.78 is 2.13. The number of aromatic nitrogens is 3. The second kappa shape index (κ2) is 7.53. The lowest BCUT2D eigenvalue weighted by atomic mass is 10.4. The first-order valence-corrected chi connectivity index (χ1v) is 9.53. The van der Waals surface area contributed by atoms with Crippen LogP contribution in [-0.2, 0) is 6.61 Å². The fraction of sp³-hybridized carbons (Fsp3) is 0.500. The Balaban J connectivity index is 1.51. The maximum Gasteiger partial charge on any atom is 0.191 e. The minimum Gasteiger partial charge on any atom is -0.388 e. The van der Waals surface area contributed by atoms with Gasteiger partial charge in [0.05, 0.1) is 0 Å². The van der Waals surface area contributed by atoms with Crippen LogP contribution in [0.25, 0.3) is 0 Å². The molecule has 22 heavy (non-hydrogen) atoms. The van der Waals surface area contributed by atoms with Crippen molar-refractivity contribution in [3.63, 3.8) is 0 Å². The molecule has 118 valence electrons. The Labute approximate surface area is 139 Å². The van der Waals surface area contributed by atoms with E-state index in [2.05, 4.69) is 46.0 Å². The molecule has 0 amide bonds. The van der Waals surface area contributed by atoms with E-state index in [0.29, 0.717) is 17.1 Å². The van der Waals surface area contributed by atoms with Crippen LogP contribution in [0.15, 0.2) is 40.4 Å². The van der Waals surface area contributed by atoms with E-state index in [1.54, 1.807) is 11.8 Å². The highest BCUT2D eigenvalue weighted by Gasteiger charge is 2.29. The molecule has 0 spiro atoms. The molecule has 6 heteroatoms. The summed E-state index contributed by atoms with van der Waals surface area (Å²) in [4.78, 5) is 1.32. The first kappa shape index (κ1) is 15.9. The predicted octanol–water partition coefficient (Wildman–Crippen LogP) is 3.77. The lowest BCUT2D eigenvalue weighted by Gasteiger charge is -2.12. The van der Waals surface area contributed by atoms with E-state index in [1.807, 2.05) is 17.8 Å². The molecule has 4 nitrogen and oxygen atoms in total. The van der Waals surface area contributed by atoms with E-state index < -0.39 is 0 Å². The molecular weight excluding hydrogens is 314 g/mol. The normalized spacial score (nSPS) is 15.9. The topological polar surface area (TPSA) is 50.9 Å². The van der Waals surface area contributed by atoms with Gasteiger partial charge in [-0.15, -0.1) is 22.0 Å². The summed E-state index contributed by atoms with van der Waals surface area (Å²) in [6, 6.07) is 11.0. The van der Waals surface area contributed by atoms with Gasteiger partial charge in [0.1, 0.15) is 6.61 Å². The maximum absolute atomic E-state index is 9.37. The Kier molecular flexibility index (Phi) is 5.44. The molecule has 1 N–H and O–H groups in total. The highest BCUT2D eigenvalue weighted by atomic mass is 32.2. The van der Waals surface area contributed by atoms with E-state index >= 15 is 0 Å². The van der Waals surface area contributed by atoms with Crippen molar-refractivity contribution in [2.75, 3.05) is 5.75 Å². The van der Waals surface area contributed by atoms with Gasteiger partial charge in [0.2, 0.25) is 0 Å². The summed E-state index contributed by atoms with van der Waals surface area (Å²) in [5.41, 5.74) is 0. The Hall–Kier alpha value is -0.980. The molecule has 0 aliphatic heterocycles. The van der Waals surface area contributed by atoms with Crippen molar-refractivity contribution in [3.8, 4) is 0 Å². The van der Waals surface area contributed by atoms with Crippen molar-refractivity contribution in [3.05, 3.63) is 36.2 Å². The monoisotopic (exact) mass is 335 g/mol. The quantitative estimate of drug-likeness (QED) is 0.744. The zero-order valence-electron chi connectivity index (χ0n) is 12.7. The van der Waals surface area contributed by atoms with Gasteiger partial charge in [-0.05, 0) is 37.1 Å². The standard InChI is InChI=1S/C16H21N3OS2/c1-12(9-10-21-14-5-3-2-4-6-14)22-16-18-17-15(11-20)19(16)13-7-8-13/h2-6,12-13,20H,7-11H2,1H3. The number of aliphatic hydroxyl groups is 1. The third-order valence-electron chi connectivity index (χ3n) is 3.63. The van der Waals surface area contributed by atoms with Gasteiger partial charge >= 0.3 is 0 Å². The van der Waals surface area contributed by atoms with Gasteiger partial charge in [-0.2, -0.15) is 0 Å². The Morgan fingerprint density at radius 1 is 1.27 bits per heavy atom. The fourth-order valence-corrected chi connectivity index (χ4v) is 4.55. The molecule has 1 aromatic carbocycles. The van der Waals surface area contributed by atoms with E-state index in [0.717, 1.165) is 17.3 Å². The largest absolute Gasteiger partial charge is 0.388 e. The summed E-state index contributed by atoms with van der Waals surface area (Å²) in [5.74, 6) is 1.80. The number of hydrogen-bond donors (Lipinski definition) is 1. The van der Waals surface area contributed by atoms with Crippen LogP contribution >= 0.6 is 23.5 Å². The summed E-state index contributed by atoms with van der Waals surface area (Å²) >= 11 is 3.67. The fourth-order valence-electron chi connectivity index (χ4n) is 2.29. The molecule has 1 aliphatic rings. The number of thioether (sulfide) groups is 2. The second-order valence-electron chi connectivity index (χ2n) is 5.54. The minimum atomic E-state index is -0.0255. The molecule has 3 rings (SSSR count). The van der Waals surface area contributed by atoms with Crippen LogP contribution in [0.4, 0.5) is 0 Å². The third-order valence-corrected chi connectivity index (χ3v) is 5.80. The smallest absolute Gasteiger partial charge is 0.191 e. The number of benzene rings is 1. The van der Waals surface area contributed by atoms with Crippen LogP contribution in [0.1, 0.15) is 38.1 Å². The van der Waals surface area contributed by atoms with Crippen molar-refractivity contribution in [1.29, 1.82) is 0 Å². The average Bonchev–Trinajstić information content (AvgIpc) is 3.29. The van der Waals surface area contributed by atoms with Crippen LogP contribution in [0.5, 0.6) is 0 Å². The zero-order valence-corrected chi connectivity index (χ0v) is 14.3. The van der Waals surface area contributed by atoms with E-state index in [9.17, 15) is 5.11 Å². The van der Waals surface area contributed by atoms with Crippen LogP contribution in [0, 0.1) is 0 Å². The van der Waals surface area contributed by atoms with Gasteiger partial charge in [-0.1, -0.05) is 36.9 Å². The van der Waals surface area contributed by atoms with Crippen molar-refractivity contribution in [1.82, 2.24) is 14.8 Å². The number of aliphatic hydroxyl groups excluding tert-OH is 1. The van der Waals surface area contributed by atoms with Gasteiger partial charge in [-0.3, -0.25) is 0 Å². The summed E-state index contributed by atoms with van der Waals surface area (Å²) in [6.45, 7) is 2.21. The first-order valence-electron chi connectivity index (χ1n) is 7.67. The van der Waals surface area contributed by atoms with E-state index in [1.165, 1.54) is 17.7 Å². The number of nitrogens with zero attached hydrogens (tertiary/aromatic N) is 3. The van der Waals surface area contributed by atoms with Crippen molar-refractivity contribution >= 4 is 23.5 Å². The maximum atomic E-state index is 9.37. The van der Waals surface area contributed by atoms with Gasteiger partial charge in [0.15, 0.2) is 11.0 Å². The average molecular weight is 335 g/mol. The number of hydrogen-bond acceptors (Lipinski definition) is 5. The van der Waals surface area contributed by atoms with Crippen molar-refractivity contribution in [2.24, 2.45) is 0 Å². The highest BCUT2D eigenvalue weighted by Crippen LogP contribution is 2.39. The molecule has 1 aliphatic carbocycles. The molecule has 1 atom stereocenters. The molecular formula is C16H21N3OS2. The van der Waals surface area contributed by atoms with Crippen LogP contribution in [0.3, 0.4) is 0 Å². The summed E-state index contributed by atoms with van der Waals surface area (Å²) in [5, 5.41) is 19.2. The lowest BCUT2D eigenvalue weighted by Crippen LogP contribution is -2.05. The molecule has 2 aromatic rings. The first-order chi connectivity index (χ1) is 10.8. The van der Waals surface area contributed by atoms with Crippen LogP contribution < -0.4 is 0 Å². The second-order valence-corrected chi connectivity index (χ2v) is 8.11. The van der Waals surface area contributed by atoms with Gasteiger partial charge < -0.3 is 9.67 Å². The van der Waals surface area contributed by atoms with Gasteiger partial charge in [0.25, 0.3) is 0 Å². The highest BCUT2D eigenvalue weighted by molar-refractivity contribution is 8.00. The van der Waals surface area contributed by atoms with Crippen molar-refractivity contribution in [2.45, 2.75) is 54.1 Å². The van der Waals surface area contributed by atoms with Crippen molar-refractivity contribution < 1.29 is 5.11 Å². The molecule has 1 heterocycles. The van der Waals surface area contributed by atoms with Gasteiger partial charge in [-0.25, -0.2) is 0 Å². The molecule has 0 saturated heterocycles. The Bertz CT molecular complexity index is 599. The van der Waals surface area contributed by atoms with E-state index in [-0.39, 0.29) is 6.61 Å². The lowest BCUT2D eigenvalue weighted by molar-refractivity contribution is 0.263. The summed E-state index contributed by atoms with van der Waals surface area (Å²) in [7, 11) is 0. The molecule has 1 unspecified atom stereocenters. The number of rotatable bonds is 8. The summed E-state index contributed by atoms with van der Waals surface area (Å²) in [6.07, 6.45) is 3.48. The van der Waals surface area contributed by atoms with Crippen LogP contribution in [0.2, 0.25) is 0 Å². The third kappa shape index (κ3) is 4.06. The molecule has 1 aromatic heterocycles. The van der Waals surface area contributed by atoms with Crippen LogP contribution in [-0.4, -0.2) is 30.9 Å². The predicted molar refractivity (Wildman–Crippen MR) is 91.3 cm³/mol. The minimum absolute atomic E-state index is 0.0255.